The molecule has 18 heavy (non-hydrogen) atoms. The van der Waals surface area contributed by atoms with Gasteiger partial charge in [-0.15, -0.1) is 0 Å². The van der Waals surface area contributed by atoms with Gasteiger partial charge in [-0.2, -0.15) is 0 Å². The minimum absolute atomic E-state index is 0.280. The summed E-state index contributed by atoms with van der Waals surface area (Å²) in [4.78, 5) is 0. The zero-order chi connectivity index (χ0) is 13.0. The molecule has 100 valence electrons. The summed E-state index contributed by atoms with van der Waals surface area (Å²) in [5.74, 6) is 1.73. The van der Waals surface area contributed by atoms with Crippen molar-refractivity contribution in [3.05, 3.63) is 29.8 Å². The summed E-state index contributed by atoms with van der Waals surface area (Å²) >= 11 is 0. The van der Waals surface area contributed by atoms with Crippen LogP contribution < -0.4 is 10.1 Å². The third-order valence-corrected chi connectivity index (χ3v) is 3.61. The topological polar surface area (TPSA) is 30.5 Å². The molecule has 1 aromatic carbocycles. The summed E-state index contributed by atoms with van der Waals surface area (Å²) in [6, 6.07) is 8.92. The van der Waals surface area contributed by atoms with E-state index in [1.54, 1.807) is 14.2 Å². The molecule has 0 bridgehead atoms. The molecule has 0 aromatic heterocycles. The SMILES string of the molecule is COCC(NC(C)c1ccccc1OC)C1CC1. The van der Waals surface area contributed by atoms with Gasteiger partial charge in [-0.25, -0.2) is 0 Å². The maximum Gasteiger partial charge on any atom is 0.123 e. The van der Waals surface area contributed by atoms with Crippen LogP contribution in [0, 0.1) is 5.92 Å². The highest BCUT2D eigenvalue weighted by Crippen LogP contribution is 2.34. The highest BCUT2D eigenvalue weighted by Gasteiger charge is 2.32. The highest BCUT2D eigenvalue weighted by molar-refractivity contribution is 5.35. The van der Waals surface area contributed by atoms with Crippen LogP contribution in [0.1, 0.15) is 31.4 Å². The van der Waals surface area contributed by atoms with Gasteiger partial charge in [-0.1, -0.05) is 18.2 Å². The van der Waals surface area contributed by atoms with Crippen LogP contribution in [0.15, 0.2) is 24.3 Å². The normalized spacial score (nSPS) is 18.4. The quantitative estimate of drug-likeness (QED) is 0.806. The lowest BCUT2D eigenvalue weighted by Gasteiger charge is -2.24. The fourth-order valence-electron chi connectivity index (χ4n) is 2.43. The predicted octanol–water partition coefficient (Wildman–Crippen LogP) is 2.77. The second-order valence-electron chi connectivity index (χ2n) is 5.03. The first-order chi connectivity index (χ1) is 8.76. The van der Waals surface area contributed by atoms with E-state index in [1.165, 1.54) is 18.4 Å². The standard InChI is InChI=1S/C15H23NO2/c1-11(13-6-4-5-7-15(13)18-3)16-14(10-17-2)12-8-9-12/h4-7,11-12,14,16H,8-10H2,1-3H3. The molecule has 3 nitrogen and oxygen atoms in total. The molecule has 0 aliphatic heterocycles. The van der Waals surface area contributed by atoms with Crippen molar-refractivity contribution < 1.29 is 9.47 Å². The van der Waals surface area contributed by atoms with E-state index in [2.05, 4.69) is 24.4 Å². The fraction of sp³-hybridized carbons (Fsp3) is 0.600. The molecule has 2 atom stereocenters. The average molecular weight is 249 g/mol. The Hall–Kier alpha value is -1.06. The van der Waals surface area contributed by atoms with E-state index in [1.807, 2.05) is 12.1 Å². The summed E-state index contributed by atoms with van der Waals surface area (Å²) in [6.45, 7) is 2.97. The molecule has 1 fully saturated rings. The monoisotopic (exact) mass is 249 g/mol. The maximum atomic E-state index is 5.41. The maximum absolute atomic E-state index is 5.41. The Morgan fingerprint density at radius 1 is 1.28 bits per heavy atom. The van der Waals surface area contributed by atoms with Crippen LogP contribution in [0.2, 0.25) is 0 Å². The third kappa shape index (κ3) is 3.24. The van der Waals surface area contributed by atoms with Crippen LogP contribution in [0.4, 0.5) is 0 Å². The van der Waals surface area contributed by atoms with Crippen molar-refractivity contribution in [2.24, 2.45) is 5.92 Å². The van der Waals surface area contributed by atoms with Gasteiger partial charge in [0.1, 0.15) is 5.75 Å². The van der Waals surface area contributed by atoms with Crippen LogP contribution in [0.5, 0.6) is 5.75 Å². The van der Waals surface area contributed by atoms with Gasteiger partial charge < -0.3 is 14.8 Å². The molecule has 1 aliphatic carbocycles. The molecule has 1 N–H and O–H groups in total. The van der Waals surface area contributed by atoms with E-state index in [9.17, 15) is 0 Å². The van der Waals surface area contributed by atoms with Crippen LogP contribution in [0.3, 0.4) is 0 Å². The molecule has 2 rings (SSSR count). The van der Waals surface area contributed by atoms with Gasteiger partial charge in [0.15, 0.2) is 0 Å². The van der Waals surface area contributed by atoms with Gasteiger partial charge in [0.2, 0.25) is 0 Å². The number of para-hydroxylation sites is 1. The van der Waals surface area contributed by atoms with Crippen LogP contribution in [0.25, 0.3) is 0 Å². The summed E-state index contributed by atoms with van der Waals surface area (Å²) in [7, 11) is 3.49. The lowest BCUT2D eigenvalue weighted by molar-refractivity contribution is 0.152. The Morgan fingerprint density at radius 3 is 2.61 bits per heavy atom. The fourth-order valence-corrected chi connectivity index (χ4v) is 2.43. The number of ether oxygens (including phenoxy) is 2. The molecule has 0 radical (unpaired) electrons. The molecule has 0 saturated heterocycles. The van der Waals surface area contributed by atoms with Crippen molar-refractivity contribution in [1.29, 1.82) is 0 Å². The first kappa shape index (κ1) is 13.4. The van der Waals surface area contributed by atoms with Gasteiger partial charge in [-0.3, -0.25) is 0 Å². The van der Waals surface area contributed by atoms with Crippen LogP contribution in [-0.4, -0.2) is 26.9 Å². The van der Waals surface area contributed by atoms with Crippen molar-refractivity contribution in [3.8, 4) is 5.75 Å². The van der Waals surface area contributed by atoms with E-state index in [4.69, 9.17) is 9.47 Å². The second kappa shape index (κ2) is 6.21. The summed E-state index contributed by atoms with van der Waals surface area (Å²) in [5, 5.41) is 3.67. The lowest BCUT2D eigenvalue weighted by atomic mass is 10.0. The number of rotatable bonds is 7. The average Bonchev–Trinajstić information content (AvgIpc) is 3.22. The van der Waals surface area contributed by atoms with E-state index in [0.717, 1.165) is 18.3 Å². The van der Waals surface area contributed by atoms with Crippen molar-refractivity contribution in [1.82, 2.24) is 5.32 Å². The number of nitrogens with one attached hydrogen (secondary N) is 1. The van der Waals surface area contributed by atoms with Crippen molar-refractivity contribution in [2.45, 2.75) is 31.8 Å². The van der Waals surface area contributed by atoms with Gasteiger partial charge in [0, 0.05) is 24.8 Å². The van der Waals surface area contributed by atoms with E-state index >= 15 is 0 Å². The molecule has 1 saturated carbocycles. The molecule has 0 amide bonds. The Morgan fingerprint density at radius 2 is 2.00 bits per heavy atom. The Balaban J connectivity index is 2.03. The lowest BCUT2D eigenvalue weighted by Crippen LogP contribution is -2.37. The molecular formula is C15H23NO2. The van der Waals surface area contributed by atoms with Gasteiger partial charge in [-0.05, 0) is 31.7 Å². The first-order valence-corrected chi connectivity index (χ1v) is 6.64. The van der Waals surface area contributed by atoms with E-state index < -0.39 is 0 Å². The smallest absolute Gasteiger partial charge is 0.123 e. The van der Waals surface area contributed by atoms with Gasteiger partial charge in [0.05, 0.1) is 13.7 Å². The molecule has 0 heterocycles. The van der Waals surface area contributed by atoms with E-state index in [0.29, 0.717) is 6.04 Å². The Kier molecular flexibility index (Phi) is 4.61. The van der Waals surface area contributed by atoms with E-state index in [-0.39, 0.29) is 6.04 Å². The molecule has 3 heteroatoms. The molecule has 1 aromatic rings. The highest BCUT2D eigenvalue weighted by atomic mass is 16.5. The molecular weight excluding hydrogens is 226 g/mol. The number of hydrogen-bond acceptors (Lipinski definition) is 3. The molecule has 1 aliphatic rings. The van der Waals surface area contributed by atoms with Crippen molar-refractivity contribution in [2.75, 3.05) is 20.8 Å². The number of benzene rings is 1. The largest absolute Gasteiger partial charge is 0.496 e. The zero-order valence-electron chi connectivity index (χ0n) is 11.5. The predicted molar refractivity (Wildman–Crippen MR) is 72.9 cm³/mol. The summed E-state index contributed by atoms with van der Waals surface area (Å²) in [6.07, 6.45) is 2.64. The number of methoxy groups -OCH3 is 2. The molecule has 0 spiro atoms. The Labute approximate surface area is 109 Å². The van der Waals surface area contributed by atoms with Crippen molar-refractivity contribution >= 4 is 0 Å². The van der Waals surface area contributed by atoms with Gasteiger partial charge in [0.25, 0.3) is 0 Å². The zero-order valence-corrected chi connectivity index (χ0v) is 11.5. The minimum atomic E-state index is 0.280. The van der Waals surface area contributed by atoms with Crippen LogP contribution >= 0.6 is 0 Å². The second-order valence-corrected chi connectivity index (χ2v) is 5.03. The summed E-state index contributed by atoms with van der Waals surface area (Å²) < 4.78 is 10.7. The van der Waals surface area contributed by atoms with Crippen molar-refractivity contribution in [3.63, 3.8) is 0 Å². The summed E-state index contributed by atoms with van der Waals surface area (Å²) in [5.41, 5.74) is 1.21. The molecule has 2 unspecified atom stereocenters. The third-order valence-electron chi connectivity index (χ3n) is 3.61. The Bertz CT molecular complexity index is 377. The number of hydrogen-bond donors (Lipinski definition) is 1. The minimum Gasteiger partial charge on any atom is -0.496 e. The van der Waals surface area contributed by atoms with Gasteiger partial charge >= 0.3 is 0 Å². The first-order valence-electron chi connectivity index (χ1n) is 6.64. The van der Waals surface area contributed by atoms with Crippen LogP contribution in [-0.2, 0) is 4.74 Å².